The molecule has 96 valence electrons. The van der Waals surface area contributed by atoms with Crippen LogP contribution in [0.5, 0.6) is 5.75 Å². The first-order chi connectivity index (χ1) is 8.52. The molecule has 18 heavy (non-hydrogen) atoms. The molecule has 0 amide bonds. The van der Waals surface area contributed by atoms with Gasteiger partial charge in [-0.05, 0) is 42.9 Å². The molecule has 1 aromatic carbocycles. The molecule has 0 unspecified atom stereocenters. The number of aromatic hydroxyl groups is 1. The fourth-order valence-electron chi connectivity index (χ4n) is 2.31. The van der Waals surface area contributed by atoms with E-state index in [-0.39, 0.29) is 10.6 Å². The maximum Gasteiger partial charge on any atom is 0.377 e. The molecule has 0 heterocycles. The lowest BCUT2D eigenvalue weighted by Crippen LogP contribution is -2.14. The minimum Gasteiger partial charge on any atom is -0.506 e. The largest absolute Gasteiger partial charge is 0.506 e. The molecule has 0 spiro atoms. The summed E-state index contributed by atoms with van der Waals surface area (Å²) < 4.78 is 0. The van der Waals surface area contributed by atoms with Gasteiger partial charge in [0.2, 0.25) is 0 Å². The lowest BCUT2D eigenvalue weighted by atomic mass is 9.97. The highest BCUT2D eigenvalue weighted by molar-refractivity contribution is 6.42. The van der Waals surface area contributed by atoms with Crippen LogP contribution in [0.25, 0.3) is 0 Å². The van der Waals surface area contributed by atoms with Crippen molar-refractivity contribution in [3.8, 4) is 5.75 Å². The van der Waals surface area contributed by atoms with Crippen molar-refractivity contribution in [2.45, 2.75) is 32.1 Å². The molecular formula is C13H13ClO4. The number of hydrogen-bond acceptors (Lipinski definition) is 3. The first kappa shape index (κ1) is 12.9. The Morgan fingerprint density at radius 1 is 1.17 bits per heavy atom. The van der Waals surface area contributed by atoms with Gasteiger partial charge in [-0.3, -0.25) is 4.79 Å². The first-order valence-electron chi connectivity index (χ1n) is 5.83. The maximum atomic E-state index is 11.5. The van der Waals surface area contributed by atoms with Crippen LogP contribution in [-0.4, -0.2) is 22.0 Å². The molecule has 1 aliphatic rings. The monoisotopic (exact) mass is 268 g/mol. The van der Waals surface area contributed by atoms with E-state index in [4.69, 9.17) is 16.7 Å². The summed E-state index contributed by atoms with van der Waals surface area (Å²) in [6, 6.07) is 1.47. The normalized spacial score (nSPS) is 14.7. The Morgan fingerprint density at radius 2 is 1.83 bits per heavy atom. The molecule has 1 aromatic rings. The van der Waals surface area contributed by atoms with Crippen molar-refractivity contribution in [3.05, 3.63) is 27.8 Å². The number of benzene rings is 1. The Balaban J connectivity index is 2.57. The number of fused-ring (bicyclic) bond motifs is 1. The smallest absolute Gasteiger partial charge is 0.377 e. The summed E-state index contributed by atoms with van der Waals surface area (Å²) in [5, 5.41) is 18.7. The number of halogens is 1. The Kier molecular flexibility index (Phi) is 3.57. The summed E-state index contributed by atoms with van der Waals surface area (Å²) in [6.45, 7) is 0. The van der Waals surface area contributed by atoms with Crippen LogP contribution in [0, 0.1) is 0 Å². The highest BCUT2D eigenvalue weighted by atomic mass is 35.5. The number of aliphatic carboxylic acids is 1. The Labute approximate surface area is 109 Å². The Morgan fingerprint density at radius 3 is 2.50 bits per heavy atom. The average molecular weight is 269 g/mol. The number of carbonyl (C=O) groups is 2. The van der Waals surface area contributed by atoms with Gasteiger partial charge in [-0.2, -0.15) is 0 Å². The van der Waals surface area contributed by atoms with Gasteiger partial charge in [0.1, 0.15) is 5.75 Å². The number of ketones is 1. The number of carboxylic acids is 1. The molecule has 5 heteroatoms. The number of hydrogen-bond donors (Lipinski definition) is 2. The van der Waals surface area contributed by atoms with Gasteiger partial charge in [0.15, 0.2) is 0 Å². The van der Waals surface area contributed by atoms with E-state index in [0.717, 1.165) is 43.2 Å². The molecule has 0 atom stereocenters. The van der Waals surface area contributed by atoms with Crippen LogP contribution in [-0.2, 0) is 17.6 Å². The second-order valence-electron chi connectivity index (χ2n) is 4.42. The zero-order valence-electron chi connectivity index (χ0n) is 9.70. The molecule has 0 saturated heterocycles. The van der Waals surface area contributed by atoms with E-state index >= 15 is 0 Å². The summed E-state index contributed by atoms with van der Waals surface area (Å²) in [4.78, 5) is 22.2. The fraction of sp³-hybridized carbons (Fsp3) is 0.385. The van der Waals surface area contributed by atoms with E-state index in [9.17, 15) is 14.7 Å². The highest BCUT2D eigenvalue weighted by Gasteiger charge is 2.24. The lowest BCUT2D eigenvalue weighted by Gasteiger charge is -2.12. The summed E-state index contributed by atoms with van der Waals surface area (Å²) in [7, 11) is 0. The fourth-order valence-corrected chi connectivity index (χ4v) is 2.63. The standard InChI is InChI=1S/C13H13ClO4/c14-10-8-5-3-1-2-4-7(8)6-9(11(10)15)12(16)13(17)18/h6,15H,1-5H2,(H,17,18). The topological polar surface area (TPSA) is 74.6 Å². The number of phenolic OH excluding ortho intramolecular Hbond substituents is 1. The van der Waals surface area contributed by atoms with Gasteiger partial charge in [-0.25, -0.2) is 4.79 Å². The SMILES string of the molecule is O=C(O)C(=O)c1cc2c(c(Cl)c1O)CCCCC2. The van der Waals surface area contributed by atoms with Gasteiger partial charge < -0.3 is 10.2 Å². The second-order valence-corrected chi connectivity index (χ2v) is 4.80. The van der Waals surface area contributed by atoms with E-state index in [1.165, 1.54) is 6.07 Å². The van der Waals surface area contributed by atoms with E-state index in [0.29, 0.717) is 0 Å². The minimum atomic E-state index is -1.59. The number of carbonyl (C=O) groups excluding carboxylic acids is 1. The van der Waals surface area contributed by atoms with Crippen LogP contribution >= 0.6 is 11.6 Å². The summed E-state index contributed by atoms with van der Waals surface area (Å²) >= 11 is 6.04. The second kappa shape index (κ2) is 4.98. The van der Waals surface area contributed by atoms with Crippen LogP contribution in [0.4, 0.5) is 0 Å². The van der Waals surface area contributed by atoms with Crippen molar-refractivity contribution in [2.24, 2.45) is 0 Å². The summed E-state index contributed by atoms with van der Waals surface area (Å²) in [5.74, 6) is -3.12. The van der Waals surface area contributed by atoms with Crippen LogP contribution < -0.4 is 0 Å². The third-order valence-corrected chi connectivity index (χ3v) is 3.65. The van der Waals surface area contributed by atoms with E-state index in [1.807, 2.05) is 0 Å². The number of rotatable bonds is 2. The number of Topliss-reactive ketones (excluding diaryl/α,β-unsaturated/α-hetero) is 1. The molecule has 4 nitrogen and oxygen atoms in total. The predicted octanol–water partition coefficient (Wildman–Crippen LogP) is 2.58. The van der Waals surface area contributed by atoms with E-state index in [1.54, 1.807) is 0 Å². The lowest BCUT2D eigenvalue weighted by molar-refractivity contribution is -0.131. The molecule has 0 radical (unpaired) electrons. The third kappa shape index (κ3) is 2.20. The van der Waals surface area contributed by atoms with Gasteiger partial charge in [-0.1, -0.05) is 18.0 Å². The molecule has 0 saturated carbocycles. The highest BCUT2D eigenvalue weighted by Crippen LogP contribution is 2.37. The molecule has 0 fully saturated rings. The average Bonchev–Trinajstić information content (AvgIpc) is 2.58. The molecule has 0 bridgehead atoms. The Hall–Kier alpha value is -1.55. The van der Waals surface area contributed by atoms with Crippen molar-refractivity contribution in [1.82, 2.24) is 0 Å². The van der Waals surface area contributed by atoms with Crippen LogP contribution in [0.1, 0.15) is 40.7 Å². The van der Waals surface area contributed by atoms with Gasteiger partial charge in [-0.15, -0.1) is 0 Å². The number of aryl methyl sites for hydroxylation is 1. The molecule has 2 rings (SSSR count). The van der Waals surface area contributed by atoms with Crippen LogP contribution in [0.2, 0.25) is 5.02 Å². The molecule has 0 aliphatic heterocycles. The summed E-state index contributed by atoms with van der Waals surface area (Å²) in [6.07, 6.45) is 4.54. The van der Waals surface area contributed by atoms with Gasteiger partial charge in [0, 0.05) is 0 Å². The zero-order valence-corrected chi connectivity index (χ0v) is 10.5. The van der Waals surface area contributed by atoms with Crippen molar-refractivity contribution in [1.29, 1.82) is 0 Å². The van der Waals surface area contributed by atoms with E-state index in [2.05, 4.69) is 0 Å². The summed E-state index contributed by atoms with van der Waals surface area (Å²) in [5.41, 5.74) is 1.50. The van der Waals surface area contributed by atoms with Crippen molar-refractivity contribution in [2.75, 3.05) is 0 Å². The van der Waals surface area contributed by atoms with Gasteiger partial charge in [0.05, 0.1) is 10.6 Å². The van der Waals surface area contributed by atoms with Gasteiger partial charge >= 0.3 is 5.97 Å². The van der Waals surface area contributed by atoms with Crippen LogP contribution in [0.15, 0.2) is 6.07 Å². The van der Waals surface area contributed by atoms with Crippen molar-refractivity contribution in [3.63, 3.8) is 0 Å². The van der Waals surface area contributed by atoms with E-state index < -0.39 is 17.5 Å². The molecular weight excluding hydrogens is 256 g/mol. The third-order valence-electron chi connectivity index (χ3n) is 3.25. The number of phenols is 1. The molecule has 1 aliphatic carbocycles. The van der Waals surface area contributed by atoms with Crippen molar-refractivity contribution >= 4 is 23.4 Å². The first-order valence-corrected chi connectivity index (χ1v) is 6.21. The molecule has 0 aromatic heterocycles. The van der Waals surface area contributed by atoms with Gasteiger partial charge in [0.25, 0.3) is 5.78 Å². The quantitative estimate of drug-likeness (QED) is 0.491. The van der Waals surface area contributed by atoms with Crippen LogP contribution in [0.3, 0.4) is 0 Å². The minimum absolute atomic E-state index is 0.124. The number of carboxylic acid groups (broad SMARTS) is 1. The predicted molar refractivity (Wildman–Crippen MR) is 66.3 cm³/mol. The zero-order chi connectivity index (χ0) is 13.3. The van der Waals surface area contributed by atoms with Crippen molar-refractivity contribution < 1.29 is 19.8 Å². The Bertz CT molecular complexity index is 522. The maximum absolute atomic E-state index is 11.5. The molecule has 2 N–H and O–H groups in total.